The van der Waals surface area contributed by atoms with Gasteiger partial charge in [0, 0.05) is 25.7 Å². The molecule has 106 valence electrons. The van der Waals surface area contributed by atoms with Gasteiger partial charge >= 0.3 is 0 Å². The van der Waals surface area contributed by atoms with E-state index in [0.717, 1.165) is 38.2 Å². The first kappa shape index (κ1) is 14.4. The molecule has 2 rings (SSSR count). The van der Waals surface area contributed by atoms with E-state index in [1.807, 2.05) is 12.1 Å². The zero-order chi connectivity index (χ0) is 13.7. The second kappa shape index (κ2) is 6.98. The van der Waals surface area contributed by atoms with E-state index in [1.54, 1.807) is 0 Å². The van der Waals surface area contributed by atoms with Crippen LogP contribution >= 0.6 is 0 Å². The van der Waals surface area contributed by atoms with E-state index in [-0.39, 0.29) is 11.9 Å². The molecule has 2 unspecified atom stereocenters. The van der Waals surface area contributed by atoms with E-state index in [9.17, 15) is 4.39 Å². The Hall–Kier alpha value is -0.970. The number of hydrogen-bond acceptors (Lipinski definition) is 3. The average Bonchev–Trinajstić information content (AvgIpc) is 2.43. The summed E-state index contributed by atoms with van der Waals surface area (Å²) in [7, 11) is 2.11. The highest BCUT2D eigenvalue weighted by Gasteiger charge is 2.21. The maximum Gasteiger partial charge on any atom is 0.123 e. The molecule has 2 atom stereocenters. The number of nitrogens with one attached hydrogen (secondary N) is 1. The topological polar surface area (TPSA) is 24.5 Å². The Balaban J connectivity index is 1.97. The molecule has 0 bridgehead atoms. The summed E-state index contributed by atoms with van der Waals surface area (Å²) in [4.78, 5) is 2.30. The first-order chi connectivity index (χ1) is 9.20. The number of hydrogen-bond donors (Lipinski definition) is 1. The van der Waals surface area contributed by atoms with Crippen molar-refractivity contribution in [3.63, 3.8) is 0 Å². The molecule has 1 saturated heterocycles. The molecule has 1 fully saturated rings. The van der Waals surface area contributed by atoms with Crippen LogP contribution in [0, 0.1) is 5.82 Å². The van der Waals surface area contributed by atoms with Crippen molar-refractivity contribution in [2.24, 2.45) is 0 Å². The van der Waals surface area contributed by atoms with Gasteiger partial charge < -0.3 is 10.1 Å². The van der Waals surface area contributed by atoms with Gasteiger partial charge in [-0.25, -0.2) is 4.39 Å². The van der Waals surface area contributed by atoms with E-state index < -0.39 is 0 Å². The fourth-order valence-corrected chi connectivity index (χ4v) is 2.67. The molecule has 1 aliphatic heterocycles. The molecule has 0 saturated carbocycles. The molecule has 3 nitrogen and oxygen atoms in total. The number of likely N-dealkylation sites (N-methyl/N-ethyl adjacent to an activating group) is 1. The van der Waals surface area contributed by atoms with E-state index in [2.05, 4.69) is 24.2 Å². The van der Waals surface area contributed by atoms with E-state index in [4.69, 9.17) is 4.74 Å². The maximum absolute atomic E-state index is 13.0. The summed E-state index contributed by atoms with van der Waals surface area (Å²) in [5.41, 5.74) is 1.16. The van der Waals surface area contributed by atoms with E-state index >= 15 is 0 Å². The van der Waals surface area contributed by atoms with E-state index in [0.29, 0.717) is 6.04 Å². The molecule has 0 amide bonds. The predicted molar refractivity (Wildman–Crippen MR) is 74.7 cm³/mol. The molecule has 1 aliphatic rings. The normalized spacial score (nSPS) is 21.6. The second-order valence-electron chi connectivity index (χ2n) is 5.11. The number of halogens is 1. The van der Waals surface area contributed by atoms with Crippen molar-refractivity contribution >= 4 is 0 Å². The van der Waals surface area contributed by atoms with E-state index in [1.165, 1.54) is 12.1 Å². The van der Waals surface area contributed by atoms with Crippen molar-refractivity contribution in [1.82, 2.24) is 10.2 Å². The van der Waals surface area contributed by atoms with Gasteiger partial charge in [-0.05, 0) is 31.2 Å². The summed E-state index contributed by atoms with van der Waals surface area (Å²) < 4.78 is 18.7. The summed E-state index contributed by atoms with van der Waals surface area (Å²) in [6, 6.07) is 7.13. The molecule has 0 aliphatic carbocycles. The molecule has 0 radical (unpaired) electrons. The standard InChI is InChI=1S/C15H23FN2O/c1-3-15(12-4-6-13(16)7-5-12)18(2)11-14-10-17-8-9-19-14/h4-7,14-15,17H,3,8-11H2,1-2H3. The van der Waals surface area contributed by atoms with Crippen molar-refractivity contribution in [3.8, 4) is 0 Å². The number of benzene rings is 1. The highest BCUT2D eigenvalue weighted by Crippen LogP contribution is 2.23. The molecular weight excluding hydrogens is 243 g/mol. The van der Waals surface area contributed by atoms with Gasteiger partial charge in [-0.2, -0.15) is 0 Å². The van der Waals surface area contributed by atoms with Gasteiger partial charge in [0.1, 0.15) is 5.82 Å². The maximum atomic E-state index is 13.0. The van der Waals surface area contributed by atoms with Gasteiger partial charge in [0.25, 0.3) is 0 Å². The summed E-state index contributed by atoms with van der Waals surface area (Å²) >= 11 is 0. The third-order valence-electron chi connectivity index (χ3n) is 3.67. The van der Waals surface area contributed by atoms with Gasteiger partial charge in [-0.15, -0.1) is 0 Å². The largest absolute Gasteiger partial charge is 0.374 e. The Morgan fingerprint density at radius 1 is 1.42 bits per heavy atom. The molecule has 1 aromatic carbocycles. The number of morpholine rings is 1. The quantitative estimate of drug-likeness (QED) is 0.884. The fourth-order valence-electron chi connectivity index (χ4n) is 2.67. The number of nitrogens with zero attached hydrogens (tertiary/aromatic N) is 1. The summed E-state index contributed by atoms with van der Waals surface area (Å²) in [6.45, 7) is 5.68. The Kier molecular flexibility index (Phi) is 5.31. The molecule has 1 aromatic rings. The van der Waals surface area contributed by atoms with Crippen LogP contribution in [-0.4, -0.2) is 44.3 Å². The third-order valence-corrected chi connectivity index (χ3v) is 3.67. The predicted octanol–water partition coefficient (Wildman–Crippen LogP) is 2.20. The highest BCUT2D eigenvalue weighted by atomic mass is 19.1. The lowest BCUT2D eigenvalue weighted by Crippen LogP contribution is -2.45. The zero-order valence-electron chi connectivity index (χ0n) is 11.7. The average molecular weight is 266 g/mol. The smallest absolute Gasteiger partial charge is 0.123 e. The number of rotatable bonds is 5. The van der Waals surface area contributed by atoms with Crippen LogP contribution in [0.5, 0.6) is 0 Å². The first-order valence-corrected chi connectivity index (χ1v) is 6.98. The fraction of sp³-hybridized carbons (Fsp3) is 0.600. The summed E-state index contributed by atoms with van der Waals surface area (Å²) in [5.74, 6) is -0.180. The van der Waals surface area contributed by atoms with Crippen molar-refractivity contribution < 1.29 is 9.13 Å². The van der Waals surface area contributed by atoms with Crippen LogP contribution in [0.15, 0.2) is 24.3 Å². The number of ether oxygens (including phenoxy) is 1. The highest BCUT2D eigenvalue weighted by molar-refractivity contribution is 5.19. The molecule has 4 heteroatoms. The van der Waals surface area contributed by atoms with Crippen LogP contribution in [0.1, 0.15) is 24.9 Å². The lowest BCUT2D eigenvalue weighted by Gasteiger charge is -2.33. The Morgan fingerprint density at radius 2 is 2.16 bits per heavy atom. The zero-order valence-corrected chi connectivity index (χ0v) is 11.7. The van der Waals surface area contributed by atoms with Crippen LogP contribution in [-0.2, 0) is 4.74 Å². The minimum Gasteiger partial charge on any atom is -0.374 e. The van der Waals surface area contributed by atoms with Crippen molar-refractivity contribution in [2.75, 3.05) is 33.3 Å². The summed E-state index contributed by atoms with van der Waals surface area (Å²) in [6.07, 6.45) is 1.25. The first-order valence-electron chi connectivity index (χ1n) is 6.98. The molecule has 1 heterocycles. The lowest BCUT2D eigenvalue weighted by atomic mass is 10.0. The van der Waals surface area contributed by atoms with Crippen molar-refractivity contribution in [3.05, 3.63) is 35.6 Å². The van der Waals surface area contributed by atoms with Gasteiger partial charge in [0.15, 0.2) is 0 Å². The van der Waals surface area contributed by atoms with Gasteiger partial charge in [-0.1, -0.05) is 19.1 Å². The van der Waals surface area contributed by atoms with Crippen LogP contribution in [0.25, 0.3) is 0 Å². The molecule has 19 heavy (non-hydrogen) atoms. The minimum absolute atomic E-state index is 0.180. The summed E-state index contributed by atoms with van der Waals surface area (Å²) in [5, 5.41) is 3.34. The Labute approximate surface area is 114 Å². The molecule has 0 aromatic heterocycles. The minimum atomic E-state index is -0.180. The van der Waals surface area contributed by atoms with Crippen LogP contribution in [0.2, 0.25) is 0 Å². The molecule has 0 spiro atoms. The SMILES string of the molecule is CCC(c1ccc(F)cc1)N(C)CC1CNCCO1. The van der Waals surface area contributed by atoms with Crippen molar-refractivity contribution in [2.45, 2.75) is 25.5 Å². The van der Waals surface area contributed by atoms with Crippen LogP contribution < -0.4 is 5.32 Å². The third kappa shape index (κ3) is 4.00. The Bertz CT molecular complexity index is 376. The van der Waals surface area contributed by atoms with Gasteiger partial charge in [0.2, 0.25) is 0 Å². The monoisotopic (exact) mass is 266 g/mol. The Morgan fingerprint density at radius 3 is 2.74 bits per heavy atom. The van der Waals surface area contributed by atoms with Crippen molar-refractivity contribution in [1.29, 1.82) is 0 Å². The second-order valence-corrected chi connectivity index (χ2v) is 5.11. The van der Waals surface area contributed by atoms with Gasteiger partial charge in [-0.3, -0.25) is 4.90 Å². The van der Waals surface area contributed by atoms with Gasteiger partial charge in [0.05, 0.1) is 12.7 Å². The molecular formula is C15H23FN2O. The van der Waals surface area contributed by atoms with Crippen LogP contribution in [0.4, 0.5) is 4.39 Å². The molecule has 1 N–H and O–H groups in total. The van der Waals surface area contributed by atoms with Crippen LogP contribution in [0.3, 0.4) is 0 Å². The lowest BCUT2D eigenvalue weighted by molar-refractivity contribution is 0.00226.